The van der Waals surface area contributed by atoms with E-state index in [1.54, 1.807) is 42.5 Å². The van der Waals surface area contributed by atoms with Gasteiger partial charge in [-0.25, -0.2) is 0 Å². The Morgan fingerprint density at radius 1 is 0.667 bits per heavy atom. The first-order valence-corrected chi connectivity index (χ1v) is 9.09. The second-order valence-corrected chi connectivity index (χ2v) is 7.53. The van der Waals surface area contributed by atoms with E-state index in [9.17, 15) is 9.59 Å². The number of hydrogen-bond acceptors (Lipinski definition) is 2. The van der Waals surface area contributed by atoms with Crippen molar-refractivity contribution in [2.24, 2.45) is 0 Å². The van der Waals surface area contributed by atoms with Crippen molar-refractivity contribution in [3.8, 4) is 0 Å². The van der Waals surface area contributed by atoms with Gasteiger partial charge in [-0.15, -0.1) is 0 Å². The fourth-order valence-corrected chi connectivity index (χ4v) is 3.89. The van der Waals surface area contributed by atoms with Gasteiger partial charge in [0, 0.05) is 31.6 Å². The molecular weight excluding hydrogens is 383 g/mol. The van der Waals surface area contributed by atoms with Gasteiger partial charge in [-0.1, -0.05) is 23.2 Å². The Labute approximate surface area is 162 Å². The maximum absolute atomic E-state index is 13.0. The molecule has 5 aromatic rings. The zero-order valence-corrected chi connectivity index (χ0v) is 15.6. The Kier molecular flexibility index (Phi) is 3.39. The van der Waals surface area contributed by atoms with Crippen LogP contribution in [0.1, 0.15) is 5.56 Å². The van der Waals surface area contributed by atoms with Crippen LogP contribution in [-0.2, 0) is 0 Å². The molecule has 4 nitrogen and oxygen atoms in total. The molecule has 0 fully saturated rings. The van der Waals surface area contributed by atoms with Crippen LogP contribution in [0.4, 0.5) is 0 Å². The van der Waals surface area contributed by atoms with E-state index in [1.807, 2.05) is 6.92 Å². The molecule has 0 bridgehead atoms. The minimum absolute atomic E-state index is 0.104. The molecule has 0 amide bonds. The van der Waals surface area contributed by atoms with Crippen LogP contribution in [0.25, 0.3) is 43.6 Å². The van der Waals surface area contributed by atoms with Gasteiger partial charge in [0.15, 0.2) is 10.9 Å². The lowest BCUT2D eigenvalue weighted by atomic mass is 10.0. The second-order valence-electron chi connectivity index (χ2n) is 6.69. The summed E-state index contributed by atoms with van der Waals surface area (Å²) in [5.74, 6) is 0. The number of pyridine rings is 2. The molecule has 2 N–H and O–H groups in total. The number of rotatable bonds is 0. The van der Waals surface area contributed by atoms with E-state index < -0.39 is 0 Å². The van der Waals surface area contributed by atoms with Crippen LogP contribution in [0.15, 0.2) is 52.1 Å². The highest BCUT2D eigenvalue weighted by Crippen LogP contribution is 2.25. The first kappa shape index (κ1) is 16.4. The highest BCUT2D eigenvalue weighted by atomic mass is 35.5. The highest BCUT2D eigenvalue weighted by molar-refractivity contribution is 6.32. The van der Waals surface area contributed by atoms with Gasteiger partial charge in [0.25, 0.3) is 0 Å². The smallest absolute Gasteiger partial charge is 0.197 e. The molecule has 0 unspecified atom stereocenters. The Hall–Kier alpha value is -2.82. The van der Waals surface area contributed by atoms with Crippen LogP contribution in [-0.4, -0.2) is 9.97 Å². The quantitative estimate of drug-likeness (QED) is 0.350. The molecule has 2 heterocycles. The number of H-pyrrole nitrogens is 2. The van der Waals surface area contributed by atoms with Crippen molar-refractivity contribution < 1.29 is 0 Å². The van der Waals surface area contributed by atoms with E-state index in [0.717, 1.165) is 5.56 Å². The number of nitrogens with one attached hydrogen (secondary N) is 2. The van der Waals surface area contributed by atoms with Crippen molar-refractivity contribution in [2.75, 3.05) is 0 Å². The van der Waals surface area contributed by atoms with E-state index in [2.05, 4.69) is 9.97 Å². The maximum Gasteiger partial charge on any atom is 0.197 e. The Morgan fingerprint density at radius 2 is 1.19 bits per heavy atom. The third-order valence-electron chi connectivity index (χ3n) is 4.96. The van der Waals surface area contributed by atoms with E-state index in [0.29, 0.717) is 53.7 Å². The summed E-state index contributed by atoms with van der Waals surface area (Å²) in [4.78, 5) is 32.4. The Balaban J connectivity index is 1.99. The Morgan fingerprint density at radius 3 is 1.85 bits per heavy atom. The highest BCUT2D eigenvalue weighted by Gasteiger charge is 2.12. The summed E-state index contributed by atoms with van der Waals surface area (Å²) in [5.41, 5.74) is 3.10. The molecule has 0 aliphatic carbocycles. The third-order valence-corrected chi connectivity index (χ3v) is 5.60. The molecule has 2 aromatic heterocycles. The average Bonchev–Trinajstić information content (AvgIpc) is 2.63. The third kappa shape index (κ3) is 2.37. The van der Waals surface area contributed by atoms with Gasteiger partial charge in [0.05, 0.1) is 22.1 Å². The van der Waals surface area contributed by atoms with Crippen LogP contribution in [0, 0.1) is 6.92 Å². The number of aromatic amines is 2. The Bertz CT molecular complexity index is 1550. The molecule has 132 valence electrons. The summed E-state index contributed by atoms with van der Waals surface area (Å²) in [6.07, 6.45) is 0. The summed E-state index contributed by atoms with van der Waals surface area (Å²) < 4.78 is 0. The van der Waals surface area contributed by atoms with E-state index >= 15 is 0 Å². The van der Waals surface area contributed by atoms with Gasteiger partial charge >= 0.3 is 0 Å². The first-order valence-electron chi connectivity index (χ1n) is 8.33. The lowest BCUT2D eigenvalue weighted by Gasteiger charge is -2.08. The van der Waals surface area contributed by atoms with Gasteiger partial charge in [-0.3, -0.25) is 9.59 Å². The number of fused-ring (bicyclic) bond motifs is 4. The lowest BCUT2D eigenvalue weighted by molar-refractivity contribution is 1.43. The number of aromatic nitrogens is 2. The van der Waals surface area contributed by atoms with Crippen LogP contribution >= 0.6 is 23.2 Å². The van der Waals surface area contributed by atoms with E-state index in [-0.39, 0.29) is 10.9 Å². The molecule has 5 rings (SSSR count). The van der Waals surface area contributed by atoms with Crippen LogP contribution in [0.2, 0.25) is 10.0 Å². The summed E-state index contributed by atoms with van der Waals surface area (Å²) in [6, 6.07) is 12.0. The first-order chi connectivity index (χ1) is 12.9. The van der Waals surface area contributed by atoms with Gasteiger partial charge in [-0.2, -0.15) is 0 Å². The van der Waals surface area contributed by atoms with Crippen molar-refractivity contribution in [3.05, 3.63) is 78.5 Å². The molecule has 0 aliphatic rings. The number of aryl methyl sites for hydroxylation is 1. The molecule has 27 heavy (non-hydrogen) atoms. The number of benzene rings is 3. The van der Waals surface area contributed by atoms with E-state index in [1.165, 1.54) is 0 Å². The van der Waals surface area contributed by atoms with Crippen molar-refractivity contribution in [2.45, 2.75) is 6.92 Å². The molecule has 0 radical (unpaired) electrons. The molecule has 0 aliphatic heterocycles. The maximum atomic E-state index is 13.0. The summed E-state index contributed by atoms with van der Waals surface area (Å²) in [6.45, 7) is 1.86. The topological polar surface area (TPSA) is 65.7 Å². The largest absolute Gasteiger partial charge is 0.354 e. The normalized spacial score (nSPS) is 11.8. The van der Waals surface area contributed by atoms with Gasteiger partial charge < -0.3 is 9.97 Å². The molecule has 0 saturated carbocycles. The zero-order chi connectivity index (χ0) is 18.9. The molecule has 0 spiro atoms. The number of halogens is 2. The predicted octanol–water partition coefficient (Wildman–Crippen LogP) is 5.29. The van der Waals surface area contributed by atoms with Crippen LogP contribution in [0.5, 0.6) is 0 Å². The van der Waals surface area contributed by atoms with Crippen molar-refractivity contribution in [3.63, 3.8) is 0 Å². The second kappa shape index (κ2) is 5.59. The fourth-order valence-electron chi connectivity index (χ4n) is 3.55. The zero-order valence-electron chi connectivity index (χ0n) is 14.1. The van der Waals surface area contributed by atoms with Crippen molar-refractivity contribution in [1.82, 2.24) is 9.97 Å². The van der Waals surface area contributed by atoms with Crippen molar-refractivity contribution >= 4 is 66.8 Å². The van der Waals surface area contributed by atoms with Crippen LogP contribution < -0.4 is 10.9 Å². The van der Waals surface area contributed by atoms with Crippen molar-refractivity contribution in [1.29, 1.82) is 0 Å². The average molecular weight is 395 g/mol. The lowest BCUT2D eigenvalue weighted by Crippen LogP contribution is -2.08. The van der Waals surface area contributed by atoms with Gasteiger partial charge in [-0.05, 0) is 55.0 Å². The van der Waals surface area contributed by atoms with E-state index in [4.69, 9.17) is 23.2 Å². The van der Waals surface area contributed by atoms with Gasteiger partial charge in [0.2, 0.25) is 0 Å². The SMILES string of the molecule is Cc1cc2c(=O)c3cc4[nH]c5cc(Cl)ccc5c(=O)c4cc3[nH]c2cc1Cl. The monoisotopic (exact) mass is 394 g/mol. The molecule has 6 heteroatoms. The molecule has 0 atom stereocenters. The van der Waals surface area contributed by atoms with Crippen LogP contribution in [0.3, 0.4) is 0 Å². The molecular formula is C21H12Cl2N2O2. The molecule has 3 aromatic carbocycles. The van der Waals surface area contributed by atoms with Gasteiger partial charge in [0.1, 0.15) is 0 Å². The minimum Gasteiger partial charge on any atom is -0.354 e. The summed E-state index contributed by atoms with van der Waals surface area (Å²) in [5, 5.41) is 3.25. The minimum atomic E-state index is -0.111. The standard InChI is InChI=1S/C21H12Cl2N2O2/c1-9-4-12-19(8-15(9)23)25-18-6-13-17(7-14(18)21(12)27)24-16-5-10(22)2-3-11(16)20(13)26/h2-8H,1H3,(H,24,26)(H,25,27). The fraction of sp³-hybridized carbons (Fsp3) is 0.0476. The molecule has 0 saturated heterocycles. The predicted molar refractivity (Wildman–Crippen MR) is 112 cm³/mol. The summed E-state index contributed by atoms with van der Waals surface area (Å²) in [7, 11) is 0. The summed E-state index contributed by atoms with van der Waals surface area (Å²) >= 11 is 12.2. The number of hydrogen-bond donors (Lipinski definition) is 2.